The number of hydrogen-bond acceptors (Lipinski definition) is 4. The molecule has 0 saturated carbocycles. The van der Waals surface area contributed by atoms with E-state index in [9.17, 15) is 4.79 Å². The number of esters is 1. The van der Waals surface area contributed by atoms with Crippen LogP contribution in [0.3, 0.4) is 0 Å². The highest BCUT2D eigenvalue weighted by Crippen LogP contribution is 2.15. The fraction of sp³-hybridized carbons (Fsp3) is 0.333. The summed E-state index contributed by atoms with van der Waals surface area (Å²) < 4.78 is 4.81. The van der Waals surface area contributed by atoms with E-state index in [2.05, 4.69) is 11.8 Å². The lowest BCUT2D eigenvalue weighted by Gasteiger charge is -2.16. The van der Waals surface area contributed by atoms with Crippen molar-refractivity contribution in [3.63, 3.8) is 0 Å². The minimum Gasteiger partial charge on any atom is -0.462 e. The van der Waals surface area contributed by atoms with Crippen LogP contribution in [0.25, 0.3) is 6.08 Å². The molecule has 19 heavy (non-hydrogen) atoms. The summed E-state index contributed by atoms with van der Waals surface area (Å²) in [5.74, 6) is -0.584. The number of hydrogen-bond donors (Lipinski definition) is 0. The molecule has 0 bridgehead atoms. The molecule has 0 atom stereocenters. The van der Waals surface area contributed by atoms with Crippen molar-refractivity contribution in [2.45, 2.75) is 13.8 Å². The van der Waals surface area contributed by atoms with Gasteiger partial charge in [0, 0.05) is 19.3 Å². The zero-order valence-corrected chi connectivity index (χ0v) is 11.5. The summed E-state index contributed by atoms with van der Waals surface area (Å²) in [6.07, 6.45) is 1.54. The second-order valence-electron chi connectivity index (χ2n) is 4.00. The Morgan fingerprint density at radius 1 is 1.37 bits per heavy atom. The normalized spacial score (nSPS) is 10.7. The summed E-state index contributed by atoms with van der Waals surface area (Å²) in [6, 6.07) is 9.51. The van der Waals surface area contributed by atoms with E-state index in [4.69, 9.17) is 10.00 Å². The maximum Gasteiger partial charge on any atom is 0.348 e. The van der Waals surface area contributed by atoms with Crippen molar-refractivity contribution >= 4 is 17.7 Å². The van der Waals surface area contributed by atoms with E-state index in [1.54, 1.807) is 6.92 Å². The Kier molecular flexibility index (Phi) is 5.62. The Balaban J connectivity index is 2.92. The predicted molar refractivity (Wildman–Crippen MR) is 75.6 cm³/mol. The van der Waals surface area contributed by atoms with Crippen molar-refractivity contribution in [1.29, 1.82) is 5.26 Å². The molecule has 0 heterocycles. The fourth-order valence-corrected chi connectivity index (χ4v) is 1.52. The number of carbonyl (C=O) groups excluding carboxylic acids is 1. The molecule has 0 spiro atoms. The first kappa shape index (κ1) is 14.8. The van der Waals surface area contributed by atoms with Gasteiger partial charge in [-0.1, -0.05) is 12.1 Å². The second-order valence-corrected chi connectivity index (χ2v) is 4.00. The SMILES string of the molecule is CCOC(=O)C(C#N)=Cc1ccc(N(C)CC)cc1. The lowest BCUT2D eigenvalue weighted by atomic mass is 10.1. The number of anilines is 1. The predicted octanol–water partition coefficient (Wildman–Crippen LogP) is 2.61. The Morgan fingerprint density at radius 2 is 2.00 bits per heavy atom. The number of rotatable bonds is 5. The van der Waals surface area contributed by atoms with Gasteiger partial charge in [-0.15, -0.1) is 0 Å². The average molecular weight is 258 g/mol. The highest BCUT2D eigenvalue weighted by Gasteiger charge is 2.09. The van der Waals surface area contributed by atoms with E-state index in [0.717, 1.165) is 17.8 Å². The fourth-order valence-electron chi connectivity index (χ4n) is 1.52. The smallest absolute Gasteiger partial charge is 0.348 e. The zero-order chi connectivity index (χ0) is 14.3. The third-order valence-electron chi connectivity index (χ3n) is 2.74. The molecule has 0 N–H and O–H groups in total. The summed E-state index contributed by atoms with van der Waals surface area (Å²) in [7, 11) is 2.00. The van der Waals surface area contributed by atoms with Gasteiger partial charge in [0.05, 0.1) is 6.61 Å². The molecule has 0 radical (unpaired) electrons. The number of nitriles is 1. The molecule has 1 rings (SSSR count). The van der Waals surface area contributed by atoms with Gasteiger partial charge in [0.2, 0.25) is 0 Å². The minimum atomic E-state index is -0.584. The van der Waals surface area contributed by atoms with Crippen LogP contribution in [0.15, 0.2) is 29.8 Å². The van der Waals surface area contributed by atoms with Gasteiger partial charge in [-0.05, 0) is 37.6 Å². The van der Waals surface area contributed by atoms with Crippen molar-refractivity contribution in [2.24, 2.45) is 0 Å². The molecule has 0 aliphatic rings. The summed E-state index contributed by atoms with van der Waals surface area (Å²) in [4.78, 5) is 13.6. The first-order valence-electron chi connectivity index (χ1n) is 6.22. The maximum atomic E-state index is 11.5. The monoisotopic (exact) mass is 258 g/mol. The molecule has 100 valence electrons. The first-order valence-corrected chi connectivity index (χ1v) is 6.22. The molecule has 4 heteroatoms. The van der Waals surface area contributed by atoms with Crippen molar-refractivity contribution in [2.75, 3.05) is 25.1 Å². The molecule has 0 aliphatic carbocycles. The van der Waals surface area contributed by atoms with E-state index in [-0.39, 0.29) is 12.2 Å². The Morgan fingerprint density at radius 3 is 2.47 bits per heavy atom. The van der Waals surface area contributed by atoms with Crippen LogP contribution in [-0.2, 0) is 9.53 Å². The molecular weight excluding hydrogens is 240 g/mol. The largest absolute Gasteiger partial charge is 0.462 e. The second kappa shape index (κ2) is 7.22. The van der Waals surface area contributed by atoms with Gasteiger partial charge < -0.3 is 9.64 Å². The highest BCUT2D eigenvalue weighted by atomic mass is 16.5. The summed E-state index contributed by atoms with van der Waals surface area (Å²) in [6.45, 7) is 4.96. The average Bonchev–Trinajstić information content (AvgIpc) is 2.44. The van der Waals surface area contributed by atoms with Crippen molar-refractivity contribution in [3.05, 3.63) is 35.4 Å². The molecule has 0 saturated heterocycles. The Hall–Kier alpha value is -2.28. The minimum absolute atomic E-state index is 0.0125. The molecule has 1 aromatic carbocycles. The first-order chi connectivity index (χ1) is 9.12. The van der Waals surface area contributed by atoms with Crippen molar-refractivity contribution in [3.8, 4) is 6.07 Å². The third kappa shape index (κ3) is 4.14. The van der Waals surface area contributed by atoms with Crippen molar-refractivity contribution in [1.82, 2.24) is 0 Å². The molecule has 4 nitrogen and oxygen atoms in total. The number of benzene rings is 1. The van der Waals surface area contributed by atoms with Gasteiger partial charge in [0.25, 0.3) is 0 Å². The molecule has 0 aliphatic heterocycles. The quantitative estimate of drug-likeness (QED) is 0.463. The van der Waals surface area contributed by atoms with E-state index in [0.29, 0.717) is 0 Å². The molecular formula is C15H18N2O2. The van der Waals surface area contributed by atoms with Crippen LogP contribution >= 0.6 is 0 Å². The van der Waals surface area contributed by atoms with Gasteiger partial charge >= 0.3 is 5.97 Å². The molecule has 0 fully saturated rings. The lowest BCUT2D eigenvalue weighted by molar-refractivity contribution is -0.137. The van der Waals surface area contributed by atoms with Crippen molar-refractivity contribution < 1.29 is 9.53 Å². The van der Waals surface area contributed by atoms with E-state index in [1.807, 2.05) is 37.4 Å². The molecule has 1 aromatic rings. The van der Waals surface area contributed by atoms with Gasteiger partial charge in [0.15, 0.2) is 0 Å². The zero-order valence-electron chi connectivity index (χ0n) is 11.5. The van der Waals surface area contributed by atoms with Gasteiger partial charge in [-0.2, -0.15) is 5.26 Å². The van der Waals surface area contributed by atoms with Gasteiger partial charge in [0.1, 0.15) is 11.6 Å². The van der Waals surface area contributed by atoms with Crippen LogP contribution in [0.4, 0.5) is 5.69 Å². The molecule has 0 aromatic heterocycles. The number of ether oxygens (including phenoxy) is 1. The number of nitrogens with zero attached hydrogens (tertiary/aromatic N) is 2. The summed E-state index contributed by atoms with van der Waals surface area (Å²) in [5.41, 5.74) is 1.91. The van der Waals surface area contributed by atoms with Crippen LogP contribution in [0.5, 0.6) is 0 Å². The maximum absolute atomic E-state index is 11.5. The van der Waals surface area contributed by atoms with E-state index < -0.39 is 5.97 Å². The standard InChI is InChI=1S/C15H18N2O2/c1-4-17(3)14-8-6-12(7-9-14)10-13(11-16)15(18)19-5-2/h6-10H,4-5H2,1-3H3. The highest BCUT2D eigenvalue weighted by molar-refractivity contribution is 5.97. The van der Waals surface area contributed by atoms with Crippen LogP contribution in [0.2, 0.25) is 0 Å². The summed E-state index contributed by atoms with van der Waals surface area (Å²) >= 11 is 0. The lowest BCUT2D eigenvalue weighted by Crippen LogP contribution is -2.15. The van der Waals surface area contributed by atoms with Crippen LogP contribution in [0.1, 0.15) is 19.4 Å². The summed E-state index contributed by atoms with van der Waals surface area (Å²) in [5, 5.41) is 8.94. The van der Waals surface area contributed by atoms with Crippen LogP contribution in [0, 0.1) is 11.3 Å². The van der Waals surface area contributed by atoms with Gasteiger partial charge in [-0.25, -0.2) is 4.79 Å². The molecule has 0 unspecified atom stereocenters. The van der Waals surface area contributed by atoms with Crippen LogP contribution in [-0.4, -0.2) is 26.2 Å². The Bertz CT molecular complexity index is 498. The van der Waals surface area contributed by atoms with E-state index >= 15 is 0 Å². The molecule has 0 amide bonds. The van der Waals surface area contributed by atoms with Gasteiger partial charge in [-0.3, -0.25) is 0 Å². The number of carbonyl (C=O) groups is 1. The Labute approximate surface area is 113 Å². The third-order valence-corrected chi connectivity index (χ3v) is 2.74. The topological polar surface area (TPSA) is 53.3 Å². The van der Waals surface area contributed by atoms with E-state index in [1.165, 1.54) is 6.08 Å². The van der Waals surface area contributed by atoms with Crippen LogP contribution < -0.4 is 4.90 Å².